The Bertz CT molecular complexity index is 567. The van der Waals surface area contributed by atoms with Gasteiger partial charge in [-0.15, -0.1) is 0 Å². The number of nitrogens with two attached hydrogens (primary N) is 1. The van der Waals surface area contributed by atoms with E-state index in [9.17, 15) is 13.2 Å². The highest BCUT2D eigenvalue weighted by atomic mass is 32.2. The van der Waals surface area contributed by atoms with Crippen LogP contribution in [0.5, 0.6) is 0 Å². The summed E-state index contributed by atoms with van der Waals surface area (Å²) in [6.07, 6.45) is 3.94. The van der Waals surface area contributed by atoms with Gasteiger partial charge in [0.15, 0.2) is 0 Å². The van der Waals surface area contributed by atoms with Gasteiger partial charge in [-0.2, -0.15) is 8.42 Å². The highest BCUT2D eigenvalue weighted by molar-refractivity contribution is 7.90. The number of hydrogen-bond donors (Lipinski definition) is 3. The van der Waals surface area contributed by atoms with Crippen molar-refractivity contribution in [2.75, 3.05) is 10.0 Å². The van der Waals surface area contributed by atoms with Crippen molar-refractivity contribution in [1.82, 2.24) is 0 Å². The normalized spacial score (nSPS) is 15.6. The highest BCUT2D eigenvalue weighted by Crippen LogP contribution is 2.29. The lowest BCUT2D eigenvalue weighted by Crippen LogP contribution is -2.22. The molecule has 7 heteroatoms. The van der Waals surface area contributed by atoms with Crippen LogP contribution in [0.4, 0.5) is 11.4 Å². The zero-order valence-corrected chi connectivity index (χ0v) is 11.2. The summed E-state index contributed by atoms with van der Waals surface area (Å²) in [6.45, 7) is 0. The van der Waals surface area contributed by atoms with Crippen LogP contribution in [0.3, 0.4) is 0 Å². The summed E-state index contributed by atoms with van der Waals surface area (Å²) in [6, 6.07) is 6.44. The molecular formula is C12H17N3O3S. The Kier molecular flexibility index (Phi) is 4.06. The van der Waals surface area contributed by atoms with E-state index in [0.717, 1.165) is 12.8 Å². The summed E-state index contributed by atoms with van der Waals surface area (Å²) < 4.78 is 24.0. The minimum atomic E-state index is -3.80. The van der Waals surface area contributed by atoms with Crippen LogP contribution in [-0.2, 0) is 15.0 Å². The minimum absolute atomic E-state index is 0.0440. The molecule has 0 aliphatic heterocycles. The van der Waals surface area contributed by atoms with Gasteiger partial charge in [0.2, 0.25) is 5.91 Å². The van der Waals surface area contributed by atoms with E-state index in [2.05, 4.69) is 10.0 Å². The zero-order chi connectivity index (χ0) is 13.9. The van der Waals surface area contributed by atoms with E-state index >= 15 is 0 Å². The predicted molar refractivity (Wildman–Crippen MR) is 73.8 cm³/mol. The Morgan fingerprint density at radius 2 is 2.00 bits per heavy atom. The molecule has 1 aliphatic carbocycles. The molecule has 0 spiro atoms. The van der Waals surface area contributed by atoms with Crippen LogP contribution in [0.2, 0.25) is 0 Å². The molecule has 19 heavy (non-hydrogen) atoms. The van der Waals surface area contributed by atoms with Gasteiger partial charge in [0, 0.05) is 12.1 Å². The third kappa shape index (κ3) is 4.53. The fourth-order valence-corrected chi connectivity index (χ4v) is 2.45. The van der Waals surface area contributed by atoms with E-state index in [1.807, 2.05) is 0 Å². The first-order chi connectivity index (χ1) is 8.92. The van der Waals surface area contributed by atoms with E-state index in [4.69, 9.17) is 5.14 Å². The van der Waals surface area contributed by atoms with E-state index < -0.39 is 10.2 Å². The van der Waals surface area contributed by atoms with Gasteiger partial charge in [-0.25, -0.2) is 5.14 Å². The summed E-state index contributed by atoms with van der Waals surface area (Å²) >= 11 is 0. The molecule has 104 valence electrons. The first kappa shape index (κ1) is 13.8. The molecule has 1 aromatic carbocycles. The van der Waals surface area contributed by atoms with Crippen molar-refractivity contribution >= 4 is 27.5 Å². The Hall–Kier alpha value is -1.60. The number of benzene rings is 1. The molecule has 0 radical (unpaired) electrons. The van der Waals surface area contributed by atoms with Gasteiger partial charge >= 0.3 is 0 Å². The maximum absolute atomic E-state index is 11.7. The molecular weight excluding hydrogens is 266 g/mol. The van der Waals surface area contributed by atoms with Crippen LogP contribution in [0.25, 0.3) is 0 Å². The molecule has 0 atom stereocenters. The average Bonchev–Trinajstić information content (AvgIpc) is 2.21. The van der Waals surface area contributed by atoms with Crippen LogP contribution < -0.4 is 15.2 Å². The summed E-state index contributed by atoms with van der Waals surface area (Å²) in [5, 5.41) is 7.64. The number of amides is 1. The first-order valence-corrected chi connectivity index (χ1v) is 7.67. The van der Waals surface area contributed by atoms with Crippen molar-refractivity contribution in [1.29, 1.82) is 0 Å². The molecule has 1 saturated carbocycles. The van der Waals surface area contributed by atoms with Gasteiger partial charge in [0.25, 0.3) is 10.2 Å². The van der Waals surface area contributed by atoms with E-state index in [1.54, 1.807) is 18.2 Å². The molecule has 0 aromatic heterocycles. The Balaban J connectivity index is 1.96. The van der Waals surface area contributed by atoms with Crippen LogP contribution in [0.15, 0.2) is 24.3 Å². The molecule has 4 N–H and O–H groups in total. The van der Waals surface area contributed by atoms with Gasteiger partial charge in [-0.05, 0) is 37.0 Å². The average molecular weight is 283 g/mol. The minimum Gasteiger partial charge on any atom is -0.326 e. The second-order valence-corrected chi connectivity index (χ2v) is 6.07. The molecule has 1 amide bonds. The summed E-state index contributed by atoms with van der Waals surface area (Å²) in [4.78, 5) is 11.7. The van der Waals surface area contributed by atoms with Crippen molar-refractivity contribution in [3.63, 3.8) is 0 Å². The quantitative estimate of drug-likeness (QED) is 0.761. The van der Waals surface area contributed by atoms with Crippen molar-refractivity contribution in [3.05, 3.63) is 24.3 Å². The molecule has 1 aliphatic rings. The van der Waals surface area contributed by atoms with Gasteiger partial charge < -0.3 is 5.32 Å². The number of rotatable bonds is 5. The number of carbonyl (C=O) groups is 1. The van der Waals surface area contributed by atoms with Crippen LogP contribution >= 0.6 is 0 Å². The van der Waals surface area contributed by atoms with Crippen LogP contribution in [0.1, 0.15) is 25.7 Å². The number of anilines is 2. The maximum atomic E-state index is 11.7. The molecule has 0 unspecified atom stereocenters. The summed E-state index contributed by atoms with van der Waals surface area (Å²) in [5.74, 6) is 0.447. The Morgan fingerprint density at radius 3 is 2.58 bits per heavy atom. The predicted octanol–water partition coefficient (Wildman–Crippen LogP) is 1.43. The SMILES string of the molecule is NS(=O)(=O)Nc1cccc(NC(=O)CC2CCC2)c1. The second-order valence-electron chi connectivity index (χ2n) is 4.78. The largest absolute Gasteiger partial charge is 0.326 e. The molecule has 0 bridgehead atoms. The number of hydrogen-bond acceptors (Lipinski definition) is 3. The van der Waals surface area contributed by atoms with Gasteiger partial charge in [-0.3, -0.25) is 9.52 Å². The van der Waals surface area contributed by atoms with E-state index in [-0.39, 0.29) is 5.91 Å². The Labute approximate surface area is 112 Å². The van der Waals surface area contributed by atoms with E-state index in [1.165, 1.54) is 12.5 Å². The topological polar surface area (TPSA) is 101 Å². The van der Waals surface area contributed by atoms with Crippen LogP contribution in [0, 0.1) is 5.92 Å². The lowest BCUT2D eigenvalue weighted by molar-refractivity contribution is -0.117. The molecule has 6 nitrogen and oxygen atoms in total. The third-order valence-corrected chi connectivity index (χ3v) is 3.63. The van der Waals surface area contributed by atoms with Gasteiger partial charge in [0.1, 0.15) is 0 Å². The van der Waals surface area contributed by atoms with Gasteiger partial charge in [0.05, 0.1) is 5.69 Å². The van der Waals surface area contributed by atoms with Crippen molar-refractivity contribution in [2.24, 2.45) is 11.1 Å². The monoisotopic (exact) mass is 283 g/mol. The van der Waals surface area contributed by atoms with Crippen molar-refractivity contribution in [3.8, 4) is 0 Å². The number of nitrogens with one attached hydrogen (secondary N) is 2. The van der Waals surface area contributed by atoms with E-state index in [0.29, 0.717) is 23.7 Å². The highest BCUT2D eigenvalue weighted by Gasteiger charge is 2.20. The molecule has 1 aromatic rings. The number of carbonyl (C=O) groups excluding carboxylic acids is 1. The molecule has 2 rings (SSSR count). The first-order valence-electron chi connectivity index (χ1n) is 6.13. The molecule has 1 fully saturated rings. The lowest BCUT2D eigenvalue weighted by Gasteiger charge is -2.24. The fourth-order valence-electron chi connectivity index (χ4n) is 2.00. The standard InChI is InChI=1S/C12H17N3O3S/c13-19(17,18)15-11-6-2-5-10(8-11)14-12(16)7-9-3-1-4-9/h2,5-6,8-9,15H,1,3-4,7H2,(H,14,16)(H2,13,17,18). The van der Waals surface area contributed by atoms with Crippen molar-refractivity contribution in [2.45, 2.75) is 25.7 Å². The summed E-state index contributed by atoms with van der Waals surface area (Å²) in [5.41, 5.74) is 0.877. The zero-order valence-electron chi connectivity index (χ0n) is 10.4. The smallest absolute Gasteiger partial charge is 0.296 e. The molecule has 0 heterocycles. The van der Waals surface area contributed by atoms with Gasteiger partial charge in [-0.1, -0.05) is 12.5 Å². The molecule has 0 saturated heterocycles. The second kappa shape index (κ2) is 5.58. The Morgan fingerprint density at radius 1 is 1.32 bits per heavy atom. The van der Waals surface area contributed by atoms with Crippen molar-refractivity contribution < 1.29 is 13.2 Å². The maximum Gasteiger partial charge on any atom is 0.296 e. The fraction of sp³-hybridized carbons (Fsp3) is 0.417. The van der Waals surface area contributed by atoms with Crippen LogP contribution in [-0.4, -0.2) is 14.3 Å². The third-order valence-electron chi connectivity index (χ3n) is 3.11. The lowest BCUT2D eigenvalue weighted by atomic mass is 9.83. The summed E-state index contributed by atoms with van der Waals surface area (Å²) in [7, 11) is -3.80.